The van der Waals surface area contributed by atoms with E-state index in [0.717, 1.165) is 18.5 Å². The molecule has 1 atom stereocenters. The van der Waals surface area contributed by atoms with Crippen LogP contribution < -0.4 is 10.3 Å². The van der Waals surface area contributed by atoms with Crippen LogP contribution >= 0.6 is 11.6 Å². The van der Waals surface area contributed by atoms with E-state index in [4.69, 9.17) is 11.6 Å². The summed E-state index contributed by atoms with van der Waals surface area (Å²) in [6.07, 6.45) is 2.80. The first kappa shape index (κ1) is 19.4. The molecule has 0 spiro atoms. The second kappa shape index (κ2) is 7.73. The highest BCUT2D eigenvalue weighted by Gasteiger charge is 2.35. The lowest BCUT2D eigenvalue weighted by molar-refractivity contribution is 0.0955. The second-order valence-electron chi connectivity index (χ2n) is 7.69. The molecule has 142 valence electrons. The Balaban J connectivity index is 1.76. The molecule has 0 radical (unpaired) electrons. The number of carbonyl (C=O) groups is 1. The van der Waals surface area contributed by atoms with Gasteiger partial charge in [0.1, 0.15) is 0 Å². The predicted octanol–water partition coefficient (Wildman–Crippen LogP) is 5.22. The summed E-state index contributed by atoms with van der Waals surface area (Å²) in [5.41, 5.74) is 6.80. The third-order valence-corrected chi connectivity index (χ3v) is 5.43. The van der Waals surface area contributed by atoms with E-state index in [1.54, 1.807) is 30.5 Å². The molecule has 1 unspecified atom stereocenters. The first-order valence-corrected chi connectivity index (χ1v) is 9.70. The van der Waals surface area contributed by atoms with Crippen LogP contribution in [-0.4, -0.2) is 24.2 Å². The van der Waals surface area contributed by atoms with E-state index in [9.17, 15) is 4.79 Å². The molecule has 1 heterocycles. The van der Waals surface area contributed by atoms with Gasteiger partial charge < -0.3 is 4.90 Å². The predicted molar refractivity (Wildman–Crippen MR) is 113 cm³/mol. The van der Waals surface area contributed by atoms with Crippen molar-refractivity contribution in [2.24, 2.45) is 5.10 Å². The number of amides is 1. The van der Waals surface area contributed by atoms with Gasteiger partial charge in [0.25, 0.3) is 5.91 Å². The summed E-state index contributed by atoms with van der Waals surface area (Å²) in [7, 11) is 0. The first-order chi connectivity index (χ1) is 12.8. The number of hydrogen-bond acceptors (Lipinski definition) is 3. The number of anilines is 1. The number of hydrogen-bond donors (Lipinski definition) is 1. The number of benzene rings is 2. The molecule has 0 aromatic heterocycles. The minimum Gasteiger partial charge on any atom is -0.366 e. The number of halogens is 1. The van der Waals surface area contributed by atoms with Crippen LogP contribution in [-0.2, 0) is 0 Å². The van der Waals surface area contributed by atoms with Crippen molar-refractivity contribution in [1.82, 2.24) is 5.43 Å². The maximum atomic E-state index is 12.1. The van der Waals surface area contributed by atoms with Gasteiger partial charge >= 0.3 is 0 Å². The number of nitrogens with one attached hydrogen (secondary N) is 1. The largest absolute Gasteiger partial charge is 0.366 e. The molecule has 1 aliphatic rings. The highest BCUT2D eigenvalue weighted by Crippen LogP contribution is 2.43. The van der Waals surface area contributed by atoms with Crippen LogP contribution in [0.5, 0.6) is 0 Å². The molecule has 0 bridgehead atoms. The van der Waals surface area contributed by atoms with Gasteiger partial charge in [-0.25, -0.2) is 5.43 Å². The van der Waals surface area contributed by atoms with Gasteiger partial charge in [-0.3, -0.25) is 4.79 Å². The van der Waals surface area contributed by atoms with Crippen molar-refractivity contribution in [2.75, 3.05) is 11.4 Å². The molecule has 1 N–H and O–H groups in total. The van der Waals surface area contributed by atoms with E-state index in [0.29, 0.717) is 16.5 Å². The smallest absolute Gasteiger partial charge is 0.271 e. The van der Waals surface area contributed by atoms with Crippen LogP contribution in [0.2, 0.25) is 5.02 Å². The third kappa shape index (κ3) is 4.16. The molecular formula is C22H26ClN3O. The second-order valence-corrected chi connectivity index (χ2v) is 8.13. The lowest BCUT2D eigenvalue weighted by Gasteiger charge is -2.47. The average molecular weight is 384 g/mol. The molecule has 1 aliphatic heterocycles. The van der Waals surface area contributed by atoms with E-state index in [1.165, 1.54) is 11.3 Å². The zero-order chi connectivity index (χ0) is 19.6. The average Bonchev–Trinajstić information content (AvgIpc) is 2.61. The Kier molecular flexibility index (Phi) is 5.56. The van der Waals surface area contributed by atoms with Crippen molar-refractivity contribution in [1.29, 1.82) is 0 Å². The minimum atomic E-state index is -0.279. The molecule has 1 amide bonds. The molecule has 4 nitrogen and oxygen atoms in total. The van der Waals surface area contributed by atoms with Gasteiger partial charge in [0.2, 0.25) is 0 Å². The Hall–Kier alpha value is -2.33. The van der Waals surface area contributed by atoms with Crippen LogP contribution in [0.4, 0.5) is 5.69 Å². The summed E-state index contributed by atoms with van der Waals surface area (Å²) in [5, 5.41) is 4.63. The number of carbonyl (C=O) groups excluding carboxylic acids is 1. The van der Waals surface area contributed by atoms with Crippen molar-refractivity contribution in [3.8, 4) is 0 Å². The molecule has 3 rings (SSSR count). The normalized spacial score (nSPS) is 18.4. The van der Waals surface area contributed by atoms with Gasteiger partial charge in [-0.1, -0.05) is 30.7 Å². The molecule has 2 aromatic carbocycles. The van der Waals surface area contributed by atoms with Crippen molar-refractivity contribution in [2.45, 2.75) is 45.6 Å². The fourth-order valence-electron chi connectivity index (χ4n) is 4.05. The van der Waals surface area contributed by atoms with Crippen molar-refractivity contribution >= 4 is 29.4 Å². The maximum absolute atomic E-state index is 12.1. The Labute approximate surface area is 166 Å². The number of nitrogens with zero attached hydrogens (tertiary/aromatic N) is 2. The topological polar surface area (TPSA) is 44.7 Å². The van der Waals surface area contributed by atoms with Crippen LogP contribution in [0.1, 0.15) is 61.5 Å². The Morgan fingerprint density at radius 2 is 2.11 bits per heavy atom. The standard InChI is InChI=1S/C22H26ClN3O/c1-5-26-20-10-9-16(11-19(20)15(2)13-22(26,3)4)14-24-25-21(27)17-7-6-8-18(23)12-17/h6-12,14-15H,5,13H2,1-4H3,(H,25,27)/b24-14+. The van der Waals surface area contributed by atoms with Gasteiger partial charge in [0, 0.05) is 28.4 Å². The molecule has 5 heteroatoms. The monoisotopic (exact) mass is 383 g/mol. The van der Waals surface area contributed by atoms with Crippen molar-refractivity contribution < 1.29 is 4.79 Å². The lowest BCUT2D eigenvalue weighted by atomic mass is 9.79. The van der Waals surface area contributed by atoms with Crippen LogP contribution in [0.15, 0.2) is 47.6 Å². The van der Waals surface area contributed by atoms with Gasteiger partial charge in [-0.15, -0.1) is 0 Å². The molecule has 0 saturated heterocycles. The first-order valence-electron chi connectivity index (χ1n) is 9.32. The quantitative estimate of drug-likeness (QED) is 0.581. The third-order valence-electron chi connectivity index (χ3n) is 5.19. The van der Waals surface area contributed by atoms with E-state index < -0.39 is 0 Å². The summed E-state index contributed by atoms with van der Waals surface area (Å²) in [6, 6.07) is 13.2. The van der Waals surface area contributed by atoms with Crippen molar-refractivity contribution in [3.63, 3.8) is 0 Å². The lowest BCUT2D eigenvalue weighted by Crippen LogP contribution is -2.48. The van der Waals surface area contributed by atoms with Gasteiger partial charge in [-0.2, -0.15) is 5.10 Å². The zero-order valence-electron chi connectivity index (χ0n) is 16.3. The Bertz CT molecular complexity index is 876. The van der Waals surface area contributed by atoms with E-state index in [1.807, 2.05) is 6.07 Å². The van der Waals surface area contributed by atoms with Gasteiger partial charge in [0.05, 0.1) is 6.21 Å². The summed E-state index contributed by atoms with van der Waals surface area (Å²) in [6.45, 7) is 10.1. The summed E-state index contributed by atoms with van der Waals surface area (Å²) < 4.78 is 0. The van der Waals surface area contributed by atoms with E-state index in [2.05, 4.69) is 55.3 Å². The van der Waals surface area contributed by atoms with Crippen LogP contribution in [0, 0.1) is 0 Å². The molecule has 0 saturated carbocycles. The van der Waals surface area contributed by atoms with Crippen LogP contribution in [0.3, 0.4) is 0 Å². The SMILES string of the molecule is CCN1c2ccc(/C=N/NC(=O)c3cccc(Cl)c3)cc2C(C)CC1(C)C. The number of hydrazone groups is 1. The highest BCUT2D eigenvalue weighted by atomic mass is 35.5. The number of rotatable bonds is 4. The van der Waals surface area contributed by atoms with Crippen LogP contribution in [0.25, 0.3) is 0 Å². The summed E-state index contributed by atoms with van der Waals surface area (Å²) in [5.74, 6) is 0.200. The maximum Gasteiger partial charge on any atom is 0.271 e. The molecule has 2 aromatic rings. The molecule has 0 aliphatic carbocycles. The molecular weight excluding hydrogens is 358 g/mol. The fourth-order valence-corrected chi connectivity index (χ4v) is 4.24. The highest BCUT2D eigenvalue weighted by molar-refractivity contribution is 6.30. The number of fused-ring (bicyclic) bond motifs is 1. The zero-order valence-corrected chi connectivity index (χ0v) is 17.0. The fraction of sp³-hybridized carbons (Fsp3) is 0.364. The Morgan fingerprint density at radius 1 is 1.33 bits per heavy atom. The van der Waals surface area contributed by atoms with Crippen molar-refractivity contribution in [3.05, 3.63) is 64.2 Å². The molecule has 27 heavy (non-hydrogen) atoms. The summed E-state index contributed by atoms with van der Waals surface area (Å²) >= 11 is 5.92. The Morgan fingerprint density at radius 3 is 2.81 bits per heavy atom. The molecule has 0 fully saturated rings. The van der Waals surface area contributed by atoms with E-state index in [-0.39, 0.29) is 11.4 Å². The van der Waals surface area contributed by atoms with Gasteiger partial charge in [0.15, 0.2) is 0 Å². The summed E-state index contributed by atoms with van der Waals surface area (Å²) in [4.78, 5) is 14.6. The van der Waals surface area contributed by atoms with Gasteiger partial charge in [-0.05, 0) is 74.6 Å². The minimum absolute atomic E-state index is 0.154. The van der Waals surface area contributed by atoms with E-state index >= 15 is 0 Å².